The number of amides is 1. The van der Waals surface area contributed by atoms with Gasteiger partial charge in [0.05, 0.1) is 22.5 Å². The maximum atomic E-state index is 14.9. The first kappa shape index (κ1) is 26.9. The molecule has 1 amide bonds. The molecule has 1 unspecified atom stereocenters. The van der Waals surface area contributed by atoms with E-state index in [4.69, 9.17) is 6.42 Å². The summed E-state index contributed by atoms with van der Waals surface area (Å²) in [5.74, 6) is 0.415. The first-order valence-electron chi connectivity index (χ1n) is 11.9. The number of hydrogen-bond acceptors (Lipinski definition) is 8. The Morgan fingerprint density at radius 3 is 2.69 bits per heavy atom. The molecule has 2 atom stereocenters. The number of anilines is 1. The Labute approximate surface area is 221 Å². The van der Waals surface area contributed by atoms with E-state index in [2.05, 4.69) is 47.1 Å². The molecule has 0 spiro atoms. The van der Waals surface area contributed by atoms with Crippen LogP contribution in [0.25, 0.3) is 10.9 Å². The van der Waals surface area contributed by atoms with Crippen molar-refractivity contribution in [2.75, 3.05) is 5.32 Å². The highest BCUT2D eigenvalue weighted by Gasteiger charge is 2.23. The molecule has 39 heavy (non-hydrogen) atoms. The zero-order valence-electron chi connectivity index (χ0n) is 21.1. The third-order valence-electron chi connectivity index (χ3n) is 6.11. The van der Waals surface area contributed by atoms with Gasteiger partial charge in [-0.05, 0) is 61.7 Å². The molecule has 4 rings (SSSR count). The van der Waals surface area contributed by atoms with E-state index in [1.165, 1.54) is 12.1 Å². The Hall–Kier alpha value is -5.12. The number of carbonyl (C=O) groups excluding carboxylic acids is 1. The Bertz CT molecular complexity index is 1630. The van der Waals surface area contributed by atoms with Crippen LogP contribution >= 0.6 is 0 Å². The number of nitrogens with zero attached hydrogens (tertiary/aromatic N) is 4. The van der Waals surface area contributed by atoms with E-state index in [1.54, 1.807) is 13.0 Å². The van der Waals surface area contributed by atoms with Gasteiger partial charge >= 0.3 is 5.97 Å². The fourth-order valence-electron chi connectivity index (χ4n) is 4.09. The largest absolute Gasteiger partial charge is 0.480 e. The third kappa shape index (κ3) is 6.42. The van der Waals surface area contributed by atoms with Gasteiger partial charge in [0.2, 0.25) is 0 Å². The third-order valence-corrected chi connectivity index (χ3v) is 6.11. The molecule has 2 heterocycles. The zero-order chi connectivity index (χ0) is 28.1. The molecular weight excluding hydrogens is 507 g/mol. The van der Waals surface area contributed by atoms with Gasteiger partial charge in [0.25, 0.3) is 11.5 Å². The van der Waals surface area contributed by atoms with Crippen LogP contribution in [0.1, 0.15) is 39.6 Å². The van der Waals surface area contributed by atoms with E-state index in [0.29, 0.717) is 28.8 Å². The van der Waals surface area contributed by atoms with Crippen LogP contribution in [-0.4, -0.2) is 59.7 Å². The fraction of sp³-hybridized carbons (Fsp3) is 0.269. The van der Waals surface area contributed by atoms with E-state index >= 15 is 0 Å². The van der Waals surface area contributed by atoms with Crippen LogP contribution < -0.4 is 16.2 Å². The molecule has 200 valence electrons. The van der Waals surface area contributed by atoms with Crippen LogP contribution in [0.2, 0.25) is 0 Å². The number of carbonyl (C=O) groups is 2. The Morgan fingerprint density at radius 1 is 1.23 bits per heavy atom. The topological polar surface area (TPSA) is 179 Å². The number of H-pyrrole nitrogens is 2. The van der Waals surface area contributed by atoms with Crippen LogP contribution in [0.5, 0.6) is 0 Å². The molecule has 2 aromatic carbocycles. The van der Waals surface area contributed by atoms with Crippen molar-refractivity contribution in [3.05, 3.63) is 74.8 Å². The van der Waals surface area contributed by atoms with Crippen molar-refractivity contribution in [1.29, 1.82) is 0 Å². The number of terminal acetylenes is 1. The van der Waals surface area contributed by atoms with E-state index in [1.807, 2.05) is 13.0 Å². The first-order valence-corrected chi connectivity index (χ1v) is 11.9. The molecular formula is C26H25FN8O4. The summed E-state index contributed by atoms with van der Waals surface area (Å²) in [5, 5.41) is 28.4. The predicted octanol–water partition coefficient (Wildman–Crippen LogP) is 1.66. The summed E-state index contributed by atoms with van der Waals surface area (Å²) >= 11 is 0. The standard InChI is InChI=1S/C26H25FN8O4/c1-4-16(10-15-11-19-22(9-13(15)2)28-14(3)29-25(19)37)30-17-5-6-18(20(27)12-17)24(36)31-21(26(38)39)7-8-23-32-34-35-33-23/h1,5-6,9,11-12,16,21,30H,7-8,10H2,2-3H3,(H,31,36)(H,38,39)(H,28,29,37)(H,32,33,34,35)/t16?,21-/m0/s1. The van der Waals surface area contributed by atoms with Crippen molar-refractivity contribution in [2.45, 2.75) is 45.2 Å². The lowest BCUT2D eigenvalue weighted by molar-refractivity contribution is -0.139. The summed E-state index contributed by atoms with van der Waals surface area (Å²) in [6, 6.07) is 5.55. The molecule has 0 aliphatic rings. The number of tetrazole rings is 1. The van der Waals surface area contributed by atoms with Gasteiger partial charge < -0.3 is 20.7 Å². The highest BCUT2D eigenvalue weighted by Crippen LogP contribution is 2.20. The van der Waals surface area contributed by atoms with Crippen molar-refractivity contribution in [3.63, 3.8) is 0 Å². The van der Waals surface area contributed by atoms with Crippen molar-refractivity contribution >= 4 is 28.5 Å². The average Bonchev–Trinajstić information content (AvgIpc) is 3.40. The second-order valence-electron chi connectivity index (χ2n) is 8.94. The Balaban J connectivity index is 1.45. The number of fused-ring (bicyclic) bond motifs is 1. The zero-order valence-corrected chi connectivity index (χ0v) is 21.1. The predicted molar refractivity (Wildman–Crippen MR) is 140 cm³/mol. The average molecular weight is 533 g/mol. The summed E-state index contributed by atoms with van der Waals surface area (Å²) in [7, 11) is 0. The maximum absolute atomic E-state index is 14.9. The number of aromatic nitrogens is 6. The molecule has 0 radical (unpaired) electrons. The Kier molecular flexibility index (Phi) is 7.95. The van der Waals surface area contributed by atoms with Crippen molar-refractivity contribution < 1.29 is 19.1 Å². The highest BCUT2D eigenvalue weighted by molar-refractivity contribution is 5.97. The van der Waals surface area contributed by atoms with Gasteiger partial charge in [-0.1, -0.05) is 11.1 Å². The molecule has 0 aliphatic carbocycles. The van der Waals surface area contributed by atoms with Gasteiger partial charge in [-0.2, -0.15) is 5.21 Å². The lowest BCUT2D eigenvalue weighted by atomic mass is 9.99. The number of carboxylic acid groups (broad SMARTS) is 1. The minimum atomic E-state index is -1.28. The normalized spacial score (nSPS) is 12.5. The number of halogens is 1. The fourth-order valence-corrected chi connectivity index (χ4v) is 4.09. The molecule has 13 heteroatoms. The number of aliphatic carboxylic acids is 1. The smallest absolute Gasteiger partial charge is 0.326 e. The molecule has 4 aromatic rings. The van der Waals surface area contributed by atoms with Gasteiger partial charge in [0, 0.05) is 18.5 Å². The maximum Gasteiger partial charge on any atom is 0.326 e. The van der Waals surface area contributed by atoms with Gasteiger partial charge in [-0.25, -0.2) is 14.2 Å². The number of benzene rings is 2. The Morgan fingerprint density at radius 2 is 2.03 bits per heavy atom. The summed E-state index contributed by atoms with van der Waals surface area (Å²) in [4.78, 5) is 43.6. The van der Waals surface area contributed by atoms with Gasteiger partial charge in [0.15, 0.2) is 5.82 Å². The molecule has 5 N–H and O–H groups in total. The van der Waals surface area contributed by atoms with Crippen LogP contribution in [0, 0.1) is 32.0 Å². The van der Waals surface area contributed by atoms with Gasteiger partial charge in [-0.15, -0.1) is 16.6 Å². The molecule has 0 aliphatic heterocycles. The van der Waals surface area contributed by atoms with Gasteiger partial charge in [0.1, 0.15) is 17.7 Å². The lowest BCUT2D eigenvalue weighted by Gasteiger charge is -2.18. The number of hydrogen-bond donors (Lipinski definition) is 5. The van der Waals surface area contributed by atoms with Crippen molar-refractivity contribution in [2.24, 2.45) is 0 Å². The molecule has 2 aromatic heterocycles. The lowest BCUT2D eigenvalue weighted by Crippen LogP contribution is -2.41. The number of rotatable bonds is 10. The van der Waals surface area contributed by atoms with E-state index in [-0.39, 0.29) is 29.8 Å². The van der Waals surface area contributed by atoms with E-state index in [9.17, 15) is 23.9 Å². The highest BCUT2D eigenvalue weighted by atomic mass is 19.1. The second kappa shape index (κ2) is 11.5. The summed E-state index contributed by atoms with van der Waals surface area (Å²) < 4.78 is 14.9. The second-order valence-corrected chi connectivity index (χ2v) is 8.94. The number of carboxylic acids is 1. The first-order chi connectivity index (χ1) is 18.6. The number of aromatic amines is 2. The minimum Gasteiger partial charge on any atom is -0.480 e. The van der Waals surface area contributed by atoms with Crippen LogP contribution in [0.4, 0.5) is 10.1 Å². The van der Waals surface area contributed by atoms with Gasteiger partial charge in [-0.3, -0.25) is 9.59 Å². The summed E-state index contributed by atoms with van der Waals surface area (Å²) in [6.07, 6.45) is 6.20. The van der Waals surface area contributed by atoms with Crippen molar-refractivity contribution in [3.8, 4) is 12.3 Å². The van der Waals surface area contributed by atoms with E-state index < -0.39 is 29.8 Å². The minimum absolute atomic E-state index is 0.0125. The monoisotopic (exact) mass is 532 g/mol. The number of aryl methyl sites for hydroxylation is 3. The molecule has 0 fully saturated rings. The van der Waals surface area contributed by atoms with Crippen molar-refractivity contribution in [1.82, 2.24) is 35.9 Å². The number of nitrogens with one attached hydrogen (secondary N) is 4. The van der Waals surface area contributed by atoms with E-state index in [0.717, 1.165) is 17.2 Å². The quantitative estimate of drug-likeness (QED) is 0.190. The molecule has 0 bridgehead atoms. The molecule has 0 saturated heterocycles. The van der Waals surface area contributed by atoms with Crippen LogP contribution in [0.3, 0.4) is 0 Å². The van der Waals surface area contributed by atoms with Crippen LogP contribution in [-0.2, 0) is 17.6 Å². The molecule has 0 saturated carbocycles. The summed E-state index contributed by atoms with van der Waals surface area (Å²) in [6.45, 7) is 3.60. The molecule has 12 nitrogen and oxygen atoms in total. The van der Waals surface area contributed by atoms with Crippen LogP contribution in [0.15, 0.2) is 35.1 Å². The SMILES string of the molecule is C#CC(Cc1cc2c(=O)[nH]c(C)nc2cc1C)Nc1ccc(C(=O)N[C@@H](CCc2nn[nH]n2)C(=O)O)c(F)c1. The summed E-state index contributed by atoms with van der Waals surface area (Å²) in [5.41, 5.74) is 2.06.